The van der Waals surface area contributed by atoms with Crippen molar-refractivity contribution in [3.8, 4) is 0 Å². The topological polar surface area (TPSA) is 46.1 Å². The number of pyridine rings is 2. The van der Waals surface area contributed by atoms with Gasteiger partial charge in [-0.3, -0.25) is 14.8 Å². The number of aromatic nitrogens is 2. The Hall–Kier alpha value is -2.53. The molecular weight excluding hydrogens is 294 g/mol. The number of hydrogen-bond acceptors (Lipinski definition) is 4. The molecule has 0 spiro atoms. The summed E-state index contributed by atoms with van der Waals surface area (Å²) < 4.78 is 0. The molecule has 0 aliphatic carbocycles. The Morgan fingerprint density at radius 2 is 1.77 bits per heavy atom. The molecule has 3 rings (SSSR count). The number of nitrogens with zero attached hydrogens (tertiary/aromatic N) is 3. The maximum Gasteiger partial charge on any atom is 0.264 e. The van der Waals surface area contributed by atoms with E-state index in [4.69, 9.17) is 0 Å². The van der Waals surface area contributed by atoms with Crippen molar-refractivity contribution in [2.45, 2.75) is 13.1 Å². The van der Waals surface area contributed by atoms with E-state index in [9.17, 15) is 4.79 Å². The third kappa shape index (κ3) is 3.56. The Balaban J connectivity index is 1.83. The molecular formula is C17H15N3OS. The Kier molecular flexibility index (Phi) is 4.56. The van der Waals surface area contributed by atoms with Crippen LogP contribution in [0.4, 0.5) is 0 Å². The van der Waals surface area contributed by atoms with Crippen LogP contribution in [0.1, 0.15) is 20.8 Å². The van der Waals surface area contributed by atoms with Crippen molar-refractivity contribution in [2.75, 3.05) is 0 Å². The zero-order chi connectivity index (χ0) is 15.2. The summed E-state index contributed by atoms with van der Waals surface area (Å²) >= 11 is 1.46. The molecule has 0 atom stereocenters. The van der Waals surface area contributed by atoms with E-state index in [2.05, 4.69) is 9.97 Å². The summed E-state index contributed by atoms with van der Waals surface area (Å²) in [5.74, 6) is 0.0377. The summed E-state index contributed by atoms with van der Waals surface area (Å²) in [7, 11) is 0. The molecule has 110 valence electrons. The lowest BCUT2D eigenvalue weighted by molar-refractivity contribution is 0.0735. The first kappa shape index (κ1) is 14.4. The van der Waals surface area contributed by atoms with Crippen LogP contribution in [0.5, 0.6) is 0 Å². The Morgan fingerprint density at radius 1 is 0.955 bits per heavy atom. The SMILES string of the molecule is O=C(c1cccs1)N(Cc1ccncc1)Cc1cccnc1. The molecule has 0 aliphatic heterocycles. The van der Waals surface area contributed by atoms with Gasteiger partial charge in [-0.1, -0.05) is 12.1 Å². The van der Waals surface area contributed by atoms with Gasteiger partial charge in [0.15, 0.2) is 0 Å². The van der Waals surface area contributed by atoms with Gasteiger partial charge in [0.25, 0.3) is 5.91 Å². The van der Waals surface area contributed by atoms with E-state index < -0.39 is 0 Å². The van der Waals surface area contributed by atoms with Gasteiger partial charge in [0.1, 0.15) is 0 Å². The standard InChI is InChI=1S/C17H15N3OS/c21-17(16-4-2-10-22-16)20(12-14-5-8-18-9-6-14)13-15-3-1-7-19-11-15/h1-11H,12-13H2. The summed E-state index contributed by atoms with van der Waals surface area (Å²) in [6.07, 6.45) is 7.01. The van der Waals surface area contributed by atoms with Crippen molar-refractivity contribution in [3.63, 3.8) is 0 Å². The number of thiophene rings is 1. The predicted molar refractivity (Wildman–Crippen MR) is 86.4 cm³/mol. The molecule has 0 saturated heterocycles. The summed E-state index contributed by atoms with van der Waals surface area (Å²) in [6.45, 7) is 1.08. The number of hydrogen-bond donors (Lipinski definition) is 0. The highest BCUT2D eigenvalue weighted by molar-refractivity contribution is 7.12. The van der Waals surface area contributed by atoms with Gasteiger partial charge >= 0.3 is 0 Å². The summed E-state index contributed by atoms with van der Waals surface area (Å²) in [4.78, 5) is 23.4. The fraction of sp³-hybridized carbons (Fsp3) is 0.118. The third-order valence-corrected chi connectivity index (χ3v) is 4.10. The lowest BCUT2D eigenvalue weighted by Gasteiger charge is -2.22. The molecule has 5 heteroatoms. The van der Waals surface area contributed by atoms with Crippen molar-refractivity contribution in [3.05, 3.63) is 82.6 Å². The number of amides is 1. The van der Waals surface area contributed by atoms with Gasteiger partial charge in [-0.2, -0.15) is 0 Å². The first-order valence-corrected chi connectivity index (χ1v) is 7.81. The van der Waals surface area contributed by atoms with Crippen molar-refractivity contribution >= 4 is 17.2 Å². The molecule has 0 fully saturated rings. The second-order valence-corrected chi connectivity index (χ2v) is 5.80. The fourth-order valence-corrected chi connectivity index (χ4v) is 2.87. The largest absolute Gasteiger partial charge is 0.329 e. The molecule has 3 aromatic rings. The molecule has 3 aromatic heterocycles. The van der Waals surface area contributed by atoms with Crippen molar-refractivity contribution in [1.82, 2.24) is 14.9 Å². The van der Waals surface area contributed by atoms with Crippen LogP contribution >= 0.6 is 11.3 Å². The Morgan fingerprint density at radius 3 is 2.45 bits per heavy atom. The maximum absolute atomic E-state index is 12.7. The molecule has 3 heterocycles. The van der Waals surface area contributed by atoms with Crippen LogP contribution in [-0.2, 0) is 13.1 Å². The number of carbonyl (C=O) groups excluding carboxylic acids is 1. The molecule has 0 aromatic carbocycles. The Labute approximate surface area is 133 Å². The minimum absolute atomic E-state index is 0.0377. The zero-order valence-electron chi connectivity index (χ0n) is 11.9. The van der Waals surface area contributed by atoms with E-state index in [1.807, 2.05) is 46.7 Å². The first-order chi connectivity index (χ1) is 10.8. The highest BCUT2D eigenvalue weighted by Crippen LogP contribution is 2.16. The highest BCUT2D eigenvalue weighted by Gasteiger charge is 2.17. The zero-order valence-corrected chi connectivity index (χ0v) is 12.7. The normalized spacial score (nSPS) is 10.4. The number of carbonyl (C=O) groups is 1. The van der Waals surface area contributed by atoms with Crippen LogP contribution in [0.15, 0.2) is 66.6 Å². The van der Waals surface area contributed by atoms with E-state index in [1.54, 1.807) is 24.8 Å². The molecule has 4 nitrogen and oxygen atoms in total. The molecule has 22 heavy (non-hydrogen) atoms. The molecule has 0 radical (unpaired) electrons. The van der Waals surface area contributed by atoms with Crippen LogP contribution in [0.3, 0.4) is 0 Å². The Bertz CT molecular complexity index is 673. The van der Waals surface area contributed by atoms with Crippen molar-refractivity contribution in [2.24, 2.45) is 0 Å². The first-order valence-electron chi connectivity index (χ1n) is 6.93. The quantitative estimate of drug-likeness (QED) is 0.726. The van der Waals surface area contributed by atoms with Gasteiger partial charge < -0.3 is 4.90 Å². The molecule has 0 bridgehead atoms. The predicted octanol–water partition coefficient (Wildman–Crippen LogP) is 3.38. The molecule has 0 N–H and O–H groups in total. The average Bonchev–Trinajstić information content (AvgIpc) is 3.10. The summed E-state index contributed by atoms with van der Waals surface area (Å²) in [6, 6.07) is 11.5. The summed E-state index contributed by atoms with van der Waals surface area (Å²) in [5.41, 5.74) is 2.07. The molecule has 1 amide bonds. The van der Waals surface area contributed by atoms with Crippen LogP contribution < -0.4 is 0 Å². The van der Waals surface area contributed by atoms with E-state index >= 15 is 0 Å². The third-order valence-electron chi connectivity index (χ3n) is 3.24. The summed E-state index contributed by atoms with van der Waals surface area (Å²) in [5, 5.41) is 1.92. The van der Waals surface area contributed by atoms with E-state index in [0.29, 0.717) is 13.1 Å². The lowest BCUT2D eigenvalue weighted by atomic mass is 10.2. The maximum atomic E-state index is 12.7. The van der Waals surface area contributed by atoms with Gasteiger partial charge in [-0.15, -0.1) is 11.3 Å². The molecule has 0 unspecified atom stereocenters. The minimum Gasteiger partial charge on any atom is -0.329 e. The highest BCUT2D eigenvalue weighted by atomic mass is 32.1. The molecule has 0 aliphatic rings. The van der Waals surface area contributed by atoms with E-state index in [0.717, 1.165) is 16.0 Å². The lowest BCUT2D eigenvalue weighted by Crippen LogP contribution is -2.29. The van der Waals surface area contributed by atoms with Crippen molar-refractivity contribution in [1.29, 1.82) is 0 Å². The number of rotatable bonds is 5. The average molecular weight is 309 g/mol. The fourth-order valence-electron chi connectivity index (χ4n) is 2.18. The monoisotopic (exact) mass is 309 g/mol. The van der Waals surface area contributed by atoms with Gasteiger partial charge in [0.05, 0.1) is 4.88 Å². The van der Waals surface area contributed by atoms with Crippen LogP contribution in [0.25, 0.3) is 0 Å². The second-order valence-electron chi connectivity index (χ2n) is 4.86. The van der Waals surface area contributed by atoms with Gasteiger partial charge in [-0.05, 0) is 40.8 Å². The van der Waals surface area contributed by atoms with Gasteiger partial charge in [0, 0.05) is 37.9 Å². The van der Waals surface area contributed by atoms with Crippen LogP contribution in [0, 0.1) is 0 Å². The smallest absolute Gasteiger partial charge is 0.264 e. The van der Waals surface area contributed by atoms with Crippen LogP contribution in [0.2, 0.25) is 0 Å². The van der Waals surface area contributed by atoms with E-state index in [1.165, 1.54) is 11.3 Å². The van der Waals surface area contributed by atoms with Gasteiger partial charge in [0.2, 0.25) is 0 Å². The van der Waals surface area contributed by atoms with E-state index in [-0.39, 0.29) is 5.91 Å². The minimum atomic E-state index is 0.0377. The van der Waals surface area contributed by atoms with Crippen molar-refractivity contribution < 1.29 is 4.79 Å². The molecule has 0 saturated carbocycles. The second kappa shape index (κ2) is 6.95. The van der Waals surface area contributed by atoms with Crippen LogP contribution in [-0.4, -0.2) is 20.8 Å². The van der Waals surface area contributed by atoms with Gasteiger partial charge in [-0.25, -0.2) is 0 Å².